The summed E-state index contributed by atoms with van der Waals surface area (Å²) in [6, 6.07) is 2.92. The molecule has 0 aromatic carbocycles. The molecule has 0 bridgehead atoms. The van der Waals surface area contributed by atoms with E-state index in [4.69, 9.17) is 5.11 Å². The number of carbonyl (C=O) groups is 4. The number of amides is 2. The van der Waals surface area contributed by atoms with E-state index in [0.717, 1.165) is 16.6 Å². The number of nitrogens with one attached hydrogen (secondary N) is 2. The van der Waals surface area contributed by atoms with Crippen molar-refractivity contribution in [2.75, 3.05) is 11.5 Å². The van der Waals surface area contributed by atoms with Gasteiger partial charge >= 0.3 is 11.9 Å². The van der Waals surface area contributed by atoms with Crippen LogP contribution in [0.2, 0.25) is 0 Å². The van der Waals surface area contributed by atoms with Crippen molar-refractivity contribution in [2.45, 2.75) is 29.4 Å². The number of hydrogen-bond acceptors (Lipinski definition) is 9. The van der Waals surface area contributed by atoms with Gasteiger partial charge < -0.3 is 15.5 Å². The predicted octanol–water partition coefficient (Wildman–Crippen LogP) is 0.567. The van der Waals surface area contributed by atoms with Crippen LogP contribution in [0.15, 0.2) is 33.9 Å². The number of carboxylic acids is 2. The van der Waals surface area contributed by atoms with Gasteiger partial charge in [0.25, 0.3) is 5.91 Å². The summed E-state index contributed by atoms with van der Waals surface area (Å²) in [7, 11) is 0. The minimum Gasteiger partial charge on any atom is -0.481 e. The van der Waals surface area contributed by atoms with Crippen molar-refractivity contribution in [2.24, 2.45) is 0 Å². The number of aromatic amines is 1. The Labute approximate surface area is 193 Å². The minimum absolute atomic E-state index is 0.0868. The molecule has 4 rings (SSSR count). The number of rotatable bonds is 9. The van der Waals surface area contributed by atoms with Crippen LogP contribution in [0.4, 0.5) is 0 Å². The lowest BCUT2D eigenvalue weighted by molar-refractivity contribution is -0.150. The van der Waals surface area contributed by atoms with Crippen LogP contribution >= 0.6 is 34.9 Å². The highest BCUT2D eigenvalue weighted by atomic mass is 32.2. The Morgan fingerprint density at radius 2 is 2.12 bits per heavy atom. The number of aliphatic carboxylic acids is 2. The topological polar surface area (TPSA) is 166 Å². The number of thioether (sulfide) groups is 2. The van der Waals surface area contributed by atoms with E-state index in [0.29, 0.717) is 16.5 Å². The van der Waals surface area contributed by atoms with Gasteiger partial charge in [0.2, 0.25) is 11.1 Å². The highest BCUT2D eigenvalue weighted by Gasteiger charge is 2.54. The number of nitrogens with zero attached hydrogens (tertiary/aromatic N) is 3. The Balaban J connectivity index is 1.41. The van der Waals surface area contributed by atoms with Gasteiger partial charge in [-0.1, -0.05) is 17.8 Å². The Bertz CT molecular complexity index is 1100. The molecule has 4 N–H and O–H groups in total. The van der Waals surface area contributed by atoms with Crippen LogP contribution in [-0.2, 0) is 32.0 Å². The minimum atomic E-state index is -1.22. The fourth-order valence-electron chi connectivity index (χ4n) is 3.31. The molecule has 168 valence electrons. The fraction of sp³-hybridized carbons (Fsp3) is 0.333. The van der Waals surface area contributed by atoms with Gasteiger partial charge in [0.1, 0.15) is 29.4 Å². The summed E-state index contributed by atoms with van der Waals surface area (Å²) >= 11 is 3.99. The molecule has 4 heterocycles. The van der Waals surface area contributed by atoms with E-state index in [9.17, 15) is 24.3 Å². The predicted molar refractivity (Wildman–Crippen MR) is 116 cm³/mol. The Kier molecular flexibility index (Phi) is 6.53. The van der Waals surface area contributed by atoms with Gasteiger partial charge in [-0.3, -0.25) is 24.4 Å². The summed E-state index contributed by atoms with van der Waals surface area (Å²) in [5.41, 5.74) is 0.446. The maximum Gasteiger partial charge on any atom is 0.352 e. The van der Waals surface area contributed by atoms with E-state index in [1.807, 2.05) is 17.5 Å². The van der Waals surface area contributed by atoms with Crippen LogP contribution in [0, 0.1) is 0 Å². The third-order valence-corrected chi connectivity index (χ3v) is 7.84. The maximum absolute atomic E-state index is 12.7. The highest BCUT2D eigenvalue weighted by Crippen LogP contribution is 2.41. The first-order valence-electron chi connectivity index (χ1n) is 9.31. The van der Waals surface area contributed by atoms with Gasteiger partial charge in [-0.25, -0.2) is 9.78 Å². The average Bonchev–Trinajstić information content (AvgIpc) is 3.41. The first-order valence-corrected chi connectivity index (χ1v) is 12.2. The molecule has 1 saturated heterocycles. The van der Waals surface area contributed by atoms with Crippen molar-refractivity contribution in [1.29, 1.82) is 0 Å². The number of hydrogen-bond donors (Lipinski definition) is 4. The number of H-pyrrole nitrogens is 1. The third-order valence-electron chi connectivity index (χ3n) is 4.69. The second-order valence-electron chi connectivity index (χ2n) is 6.89. The largest absolute Gasteiger partial charge is 0.481 e. The summed E-state index contributed by atoms with van der Waals surface area (Å²) in [5, 5.41) is 29.4. The molecule has 0 saturated carbocycles. The van der Waals surface area contributed by atoms with Crippen molar-refractivity contribution in [3.63, 3.8) is 0 Å². The van der Waals surface area contributed by atoms with Gasteiger partial charge in [0.15, 0.2) is 0 Å². The number of carboxylic acid groups (broad SMARTS) is 2. The van der Waals surface area contributed by atoms with Crippen molar-refractivity contribution < 1.29 is 29.4 Å². The molecule has 2 atom stereocenters. The van der Waals surface area contributed by atoms with Crippen LogP contribution in [0.25, 0.3) is 0 Å². The first-order chi connectivity index (χ1) is 15.3. The maximum atomic E-state index is 12.7. The standard InChI is InChI=1S/C18H17N5O6S3/c24-11(4-9-2-1-3-30-9)20-13-15(27)23-14(17(28)29)8(6-31-16(13)23)7-32-18-19-10(21-22-18)5-12(25)26/h1-3,13,16H,4-7H2,(H,20,24)(H,25,26)(H,28,29)(H,19,21,22)/t13?,16-/m1/s1. The van der Waals surface area contributed by atoms with E-state index in [1.165, 1.54) is 28.0 Å². The smallest absolute Gasteiger partial charge is 0.352 e. The molecule has 2 aliphatic rings. The van der Waals surface area contributed by atoms with E-state index in [2.05, 4.69) is 20.5 Å². The van der Waals surface area contributed by atoms with Crippen LogP contribution in [0.1, 0.15) is 10.7 Å². The molecule has 14 heteroatoms. The van der Waals surface area contributed by atoms with Crippen molar-refractivity contribution in [1.82, 2.24) is 25.4 Å². The lowest BCUT2D eigenvalue weighted by Crippen LogP contribution is -2.70. The highest BCUT2D eigenvalue weighted by molar-refractivity contribution is 8.01. The van der Waals surface area contributed by atoms with Gasteiger partial charge in [0.05, 0.1) is 6.42 Å². The number of aromatic nitrogens is 3. The summed E-state index contributed by atoms with van der Waals surface area (Å²) < 4.78 is 0. The van der Waals surface area contributed by atoms with Crippen molar-refractivity contribution in [3.05, 3.63) is 39.5 Å². The van der Waals surface area contributed by atoms with Gasteiger partial charge in [-0.05, 0) is 17.0 Å². The molecule has 1 unspecified atom stereocenters. The quantitative estimate of drug-likeness (QED) is 0.285. The Hall–Kier alpha value is -2.84. The third kappa shape index (κ3) is 4.66. The number of carbonyl (C=O) groups excluding carboxylic acids is 2. The van der Waals surface area contributed by atoms with E-state index in [1.54, 1.807) is 0 Å². The molecule has 2 aromatic rings. The molecule has 11 nitrogen and oxygen atoms in total. The summed E-state index contributed by atoms with van der Waals surface area (Å²) in [5.74, 6) is -2.21. The van der Waals surface area contributed by atoms with Crippen LogP contribution < -0.4 is 5.32 Å². The Morgan fingerprint density at radius 1 is 1.31 bits per heavy atom. The second-order valence-corrected chi connectivity index (χ2v) is 9.97. The molecular formula is C18H17N5O6S3. The summed E-state index contributed by atoms with van der Waals surface area (Å²) in [4.78, 5) is 53.8. The molecule has 0 aliphatic carbocycles. The normalized spacial score (nSPS) is 20.0. The zero-order valence-electron chi connectivity index (χ0n) is 16.3. The SMILES string of the molecule is O=C(O)Cc1nc(SCC2=C(C(=O)O)N3C(=O)C(NC(=O)Cc4cccs4)[C@H]3SC2)n[nH]1. The van der Waals surface area contributed by atoms with Crippen LogP contribution in [-0.4, -0.2) is 77.0 Å². The lowest BCUT2D eigenvalue weighted by Gasteiger charge is -2.49. The first kappa shape index (κ1) is 22.4. The number of thiophene rings is 1. The molecule has 2 amide bonds. The fourth-order valence-corrected chi connectivity index (χ4v) is 6.31. The number of fused-ring (bicyclic) bond motifs is 1. The molecule has 0 radical (unpaired) electrons. The second kappa shape index (κ2) is 9.34. The molecule has 32 heavy (non-hydrogen) atoms. The lowest BCUT2D eigenvalue weighted by atomic mass is 10.0. The Morgan fingerprint density at radius 3 is 2.81 bits per heavy atom. The van der Waals surface area contributed by atoms with Crippen LogP contribution in [0.5, 0.6) is 0 Å². The summed E-state index contributed by atoms with van der Waals surface area (Å²) in [6.07, 6.45) is -0.126. The van der Waals surface area contributed by atoms with Crippen molar-refractivity contribution >= 4 is 58.6 Å². The monoisotopic (exact) mass is 495 g/mol. The summed E-state index contributed by atoms with van der Waals surface area (Å²) in [6.45, 7) is 0. The van der Waals surface area contributed by atoms with Gasteiger partial charge in [-0.15, -0.1) is 28.2 Å². The molecule has 1 fully saturated rings. The molecule has 2 aliphatic heterocycles. The van der Waals surface area contributed by atoms with Crippen molar-refractivity contribution in [3.8, 4) is 0 Å². The van der Waals surface area contributed by atoms with Gasteiger partial charge in [0, 0.05) is 16.4 Å². The molecule has 0 spiro atoms. The van der Waals surface area contributed by atoms with E-state index in [-0.39, 0.29) is 36.0 Å². The van der Waals surface area contributed by atoms with E-state index >= 15 is 0 Å². The van der Waals surface area contributed by atoms with E-state index < -0.39 is 29.3 Å². The van der Waals surface area contributed by atoms with Gasteiger partial charge in [-0.2, -0.15) is 0 Å². The zero-order chi connectivity index (χ0) is 22.8. The molecule has 2 aromatic heterocycles. The van der Waals surface area contributed by atoms with Crippen LogP contribution in [0.3, 0.4) is 0 Å². The average molecular weight is 496 g/mol. The molecular weight excluding hydrogens is 478 g/mol. The zero-order valence-corrected chi connectivity index (χ0v) is 18.8. The number of β-lactam (4-membered cyclic amide) rings is 1.